The van der Waals surface area contributed by atoms with Crippen LogP contribution in [0.4, 0.5) is 5.69 Å². The summed E-state index contributed by atoms with van der Waals surface area (Å²) < 4.78 is 0. The number of carbonyl (C=O) groups excluding carboxylic acids is 1. The van der Waals surface area contributed by atoms with Crippen molar-refractivity contribution < 1.29 is 4.79 Å². The molecule has 18 heavy (non-hydrogen) atoms. The lowest BCUT2D eigenvalue weighted by Gasteiger charge is -2.28. The molecule has 1 aliphatic heterocycles. The zero-order chi connectivity index (χ0) is 12.5. The molecule has 0 fully saturated rings. The van der Waals surface area contributed by atoms with Crippen LogP contribution in [0.2, 0.25) is 0 Å². The van der Waals surface area contributed by atoms with Crippen LogP contribution in [-0.2, 0) is 6.42 Å². The molecule has 0 aliphatic carbocycles. The number of aryl methyl sites for hydroxylation is 1. The Labute approximate surface area is 107 Å². The largest absolute Gasteiger partial charge is 0.308 e. The molecule has 0 aromatic heterocycles. The van der Waals surface area contributed by atoms with E-state index >= 15 is 0 Å². The molecular weight excluding hydrogens is 222 g/mol. The Morgan fingerprint density at radius 1 is 1.06 bits per heavy atom. The first kappa shape index (κ1) is 11.0. The third kappa shape index (κ3) is 1.80. The molecule has 3 rings (SSSR count). The number of hydrogen-bond acceptors (Lipinski definition) is 1. The minimum atomic E-state index is 0.113. The second-order valence-electron chi connectivity index (χ2n) is 4.70. The van der Waals surface area contributed by atoms with E-state index in [1.54, 1.807) is 0 Å². The molecule has 1 aliphatic rings. The minimum Gasteiger partial charge on any atom is -0.308 e. The molecule has 0 saturated heterocycles. The molecule has 0 atom stereocenters. The maximum Gasteiger partial charge on any atom is 0.258 e. The van der Waals surface area contributed by atoms with Gasteiger partial charge >= 0.3 is 0 Å². The predicted octanol–water partition coefficient (Wildman–Crippen LogP) is 3.20. The molecule has 2 aromatic rings. The monoisotopic (exact) mass is 237 g/mol. The number of para-hydroxylation sites is 1. The van der Waals surface area contributed by atoms with Crippen LogP contribution in [0.15, 0.2) is 48.5 Å². The molecule has 0 radical (unpaired) electrons. The summed E-state index contributed by atoms with van der Waals surface area (Å²) in [6, 6.07) is 15.9. The zero-order valence-corrected chi connectivity index (χ0v) is 10.4. The summed E-state index contributed by atoms with van der Waals surface area (Å²) in [7, 11) is 0. The lowest BCUT2D eigenvalue weighted by atomic mass is 9.96. The van der Waals surface area contributed by atoms with Gasteiger partial charge in [-0.1, -0.05) is 35.9 Å². The Hall–Kier alpha value is -2.09. The van der Waals surface area contributed by atoms with Crippen molar-refractivity contribution in [3.8, 4) is 0 Å². The van der Waals surface area contributed by atoms with E-state index in [-0.39, 0.29) is 5.91 Å². The SMILES string of the molecule is Cc1ccc2c(c1)CCN(c1ccccc1)C2=O. The fourth-order valence-corrected chi connectivity index (χ4v) is 2.47. The lowest BCUT2D eigenvalue weighted by Crippen LogP contribution is -2.37. The first-order chi connectivity index (χ1) is 8.75. The molecule has 2 heteroatoms. The molecule has 2 aromatic carbocycles. The highest BCUT2D eigenvalue weighted by Gasteiger charge is 2.24. The van der Waals surface area contributed by atoms with E-state index in [1.807, 2.05) is 47.4 Å². The Kier molecular flexibility index (Phi) is 2.63. The summed E-state index contributed by atoms with van der Waals surface area (Å²) in [5, 5.41) is 0. The average molecular weight is 237 g/mol. The molecule has 0 saturated carbocycles. The van der Waals surface area contributed by atoms with Crippen molar-refractivity contribution in [2.45, 2.75) is 13.3 Å². The normalized spacial score (nSPS) is 14.5. The van der Waals surface area contributed by atoms with Crippen LogP contribution >= 0.6 is 0 Å². The summed E-state index contributed by atoms with van der Waals surface area (Å²) in [4.78, 5) is 14.3. The Balaban J connectivity index is 2.00. The van der Waals surface area contributed by atoms with Crippen molar-refractivity contribution in [1.29, 1.82) is 0 Å². The predicted molar refractivity (Wildman–Crippen MR) is 73.0 cm³/mol. The van der Waals surface area contributed by atoms with Gasteiger partial charge in [-0.3, -0.25) is 4.79 Å². The third-order valence-corrected chi connectivity index (χ3v) is 3.41. The number of rotatable bonds is 1. The van der Waals surface area contributed by atoms with Crippen LogP contribution in [0.25, 0.3) is 0 Å². The summed E-state index contributed by atoms with van der Waals surface area (Å²) in [6.07, 6.45) is 0.928. The van der Waals surface area contributed by atoms with E-state index in [2.05, 4.69) is 13.0 Å². The molecule has 0 N–H and O–H groups in total. The summed E-state index contributed by atoms with van der Waals surface area (Å²) in [5.41, 5.74) is 4.21. The molecule has 1 heterocycles. The quantitative estimate of drug-likeness (QED) is 0.746. The smallest absolute Gasteiger partial charge is 0.258 e. The number of anilines is 1. The van der Waals surface area contributed by atoms with Crippen LogP contribution in [0.3, 0.4) is 0 Å². The maximum atomic E-state index is 12.5. The highest BCUT2D eigenvalue weighted by Crippen LogP contribution is 2.24. The number of fused-ring (bicyclic) bond motifs is 1. The number of amides is 1. The molecule has 0 unspecified atom stereocenters. The van der Waals surface area contributed by atoms with Gasteiger partial charge in [0, 0.05) is 17.8 Å². The van der Waals surface area contributed by atoms with E-state index in [0.29, 0.717) is 0 Å². The van der Waals surface area contributed by atoms with Crippen molar-refractivity contribution in [2.75, 3.05) is 11.4 Å². The summed E-state index contributed by atoms with van der Waals surface area (Å²) in [6.45, 7) is 2.83. The van der Waals surface area contributed by atoms with Crippen LogP contribution in [0, 0.1) is 6.92 Å². The second-order valence-corrected chi connectivity index (χ2v) is 4.70. The highest BCUT2D eigenvalue weighted by molar-refractivity contribution is 6.08. The highest BCUT2D eigenvalue weighted by atomic mass is 16.2. The van der Waals surface area contributed by atoms with Gasteiger partial charge in [-0.25, -0.2) is 0 Å². The van der Waals surface area contributed by atoms with Crippen LogP contribution < -0.4 is 4.90 Å². The van der Waals surface area contributed by atoms with E-state index in [9.17, 15) is 4.79 Å². The molecular formula is C16H15NO. The van der Waals surface area contributed by atoms with Gasteiger partial charge < -0.3 is 4.90 Å². The Morgan fingerprint density at radius 3 is 2.61 bits per heavy atom. The van der Waals surface area contributed by atoms with Crippen LogP contribution in [0.1, 0.15) is 21.5 Å². The molecule has 0 spiro atoms. The number of nitrogens with zero attached hydrogens (tertiary/aromatic N) is 1. The van der Waals surface area contributed by atoms with Crippen molar-refractivity contribution in [3.05, 3.63) is 65.2 Å². The molecule has 90 valence electrons. The van der Waals surface area contributed by atoms with Gasteiger partial charge in [0.05, 0.1) is 0 Å². The fraction of sp³-hybridized carbons (Fsp3) is 0.188. The van der Waals surface area contributed by atoms with Gasteiger partial charge in [0.2, 0.25) is 0 Å². The van der Waals surface area contributed by atoms with Gasteiger partial charge in [-0.2, -0.15) is 0 Å². The van der Waals surface area contributed by atoms with Gasteiger partial charge in [0.1, 0.15) is 0 Å². The van der Waals surface area contributed by atoms with E-state index in [0.717, 1.165) is 24.2 Å². The van der Waals surface area contributed by atoms with Crippen molar-refractivity contribution in [3.63, 3.8) is 0 Å². The second kappa shape index (κ2) is 4.30. The first-order valence-corrected chi connectivity index (χ1v) is 6.22. The Bertz CT molecular complexity index is 589. The maximum absolute atomic E-state index is 12.5. The third-order valence-electron chi connectivity index (χ3n) is 3.41. The Morgan fingerprint density at radius 2 is 1.83 bits per heavy atom. The molecule has 2 nitrogen and oxygen atoms in total. The van der Waals surface area contributed by atoms with E-state index in [1.165, 1.54) is 11.1 Å². The molecule has 1 amide bonds. The van der Waals surface area contributed by atoms with Crippen molar-refractivity contribution >= 4 is 11.6 Å². The molecule has 0 bridgehead atoms. The lowest BCUT2D eigenvalue weighted by molar-refractivity contribution is 0.0980. The number of benzene rings is 2. The van der Waals surface area contributed by atoms with Gasteiger partial charge in [-0.05, 0) is 37.1 Å². The van der Waals surface area contributed by atoms with Crippen LogP contribution in [-0.4, -0.2) is 12.5 Å². The van der Waals surface area contributed by atoms with Crippen LogP contribution in [0.5, 0.6) is 0 Å². The van der Waals surface area contributed by atoms with Crippen molar-refractivity contribution in [1.82, 2.24) is 0 Å². The number of carbonyl (C=O) groups is 1. The summed E-state index contributed by atoms with van der Waals surface area (Å²) in [5.74, 6) is 0.113. The van der Waals surface area contributed by atoms with Gasteiger partial charge in [0.25, 0.3) is 5.91 Å². The topological polar surface area (TPSA) is 20.3 Å². The van der Waals surface area contributed by atoms with Gasteiger partial charge in [0.15, 0.2) is 0 Å². The first-order valence-electron chi connectivity index (χ1n) is 6.22. The zero-order valence-electron chi connectivity index (χ0n) is 10.4. The fourth-order valence-electron chi connectivity index (χ4n) is 2.47. The number of hydrogen-bond donors (Lipinski definition) is 0. The minimum absolute atomic E-state index is 0.113. The standard InChI is InChI=1S/C16H15NO/c1-12-7-8-15-13(11-12)9-10-17(16(15)18)14-5-3-2-4-6-14/h2-8,11H,9-10H2,1H3. The van der Waals surface area contributed by atoms with Gasteiger partial charge in [-0.15, -0.1) is 0 Å². The average Bonchev–Trinajstić information content (AvgIpc) is 2.40. The summed E-state index contributed by atoms with van der Waals surface area (Å²) >= 11 is 0. The van der Waals surface area contributed by atoms with E-state index in [4.69, 9.17) is 0 Å². The van der Waals surface area contributed by atoms with E-state index < -0.39 is 0 Å². The van der Waals surface area contributed by atoms with Crippen molar-refractivity contribution in [2.24, 2.45) is 0 Å².